The molecule has 2 aliphatic rings. The molecular formula is C21H25N3O3. The average molecular weight is 367 g/mol. The number of fused-ring (bicyclic) bond motifs is 2. The second-order valence-electron chi connectivity index (χ2n) is 7.70. The van der Waals surface area contributed by atoms with E-state index < -0.39 is 0 Å². The van der Waals surface area contributed by atoms with Crippen LogP contribution in [-0.4, -0.2) is 54.0 Å². The van der Waals surface area contributed by atoms with Gasteiger partial charge in [0.25, 0.3) is 5.91 Å². The number of nitrogens with zero attached hydrogens (tertiary/aromatic N) is 2. The zero-order valence-electron chi connectivity index (χ0n) is 15.7. The summed E-state index contributed by atoms with van der Waals surface area (Å²) in [4.78, 5) is 30.8. The Morgan fingerprint density at radius 3 is 2.56 bits per heavy atom. The van der Waals surface area contributed by atoms with Gasteiger partial charge in [0, 0.05) is 38.7 Å². The topological polar surface area (TPSA) is 71.5 Å². The van der Waals surface area contributed by atoms with Crippen molar-refractivity contribution >= 4 is 22.6 Å². The van der Waals surface area contributed by atoms with Gasteiger partial charge in [0.2, 0.25) is 5.91 Å². The SMILES string of the molecule is CO[C@@H]1C[C@H]2CN(C(=O)c3cc4ccccc4cn3)C[C@H]2C[C@H]1NC(C)=O. The Bertz CT molecular complexity index is 869. The second-order valence-corrected chi connectivity index (χ2v) is 7.70. The first kappa shape index (κ1) is 17.9. The number of aromatic nitrogens is 1. The predicted octanol–water partition coefficient (Wildman–Crippen LogP) is 2.24. The third-order valence-corrected chi connectivity index (χ3v) is 5.95. The van der Waals surface area contributed by atoms with E-state index in [1.54, 1.807) is 13.3 Å². The minimum atomic E-state index is -0.0354. The van der Waals surface area contributed by atoms with Crippen LogP contribution in [0.4, 0.5) is 0 Å². The van der Waals surface area contributed by atoms with Crippen molar-refractivity contribution < 1.29 is 14.3 Å². The van der Waals surface area contributed by atoms with Crippen molar-refractivity contribution in [3.05, 3.63) is 42.2 Å². The number of benzene rings is 1. The van der Waals surface area contributed by atoms with E-state index in [0.29, 0.717) is 24.1 Å². The first-order valence-electron chi connectivity index (χ1n) is 9.49. The van der Waals surface area contributed by atoms with E-state index >= 15 is 0 Å². The van der Waals surface area contributed by atoms with Crippen molar-refractivity contribution in [3.63, 3.8) is 0 Å². The van der Waals surface area contributed by atoms with Gasteiger partial charge in [-0.05, 0) is 36.1 Å². The highest BCUT2D eigenvalue weighted by Crippen LogP contribution is 2.38. The van der Waals surface area contributed by atoms with Crippen LogP contribution in [0.2, 0.25) is 0 Å². The first-order valence-corrected chi connectivity index (χ1v) is 9.49. The Labute approximate surface area is 158 Å². The zero-order chi connectivity index (χ0) is 19.0. The van der Waals surface area contributed by atoms with Crippen molar-refractivity contribution in [1.29, 1.82) is 0 Å². The zero-order valence-corrected chi connectivity index (χ0v) is 15.7. The van der Waals surface area contributed by atoms with Crippen LogP contribution in [0.5, 0.6) is 0 Å². The molecule has 0 radical (unpaired) electrons. The summed E-state index contributed by atoms with van der Waals surface area (Å²) < 4.78 is 5.61. The lowest BCUT2D eigenvalue weighted by molar-refractivity contribution is -0.121. The lowest BCUT2D eigenvalue weighted by Gasteiger charge is -2.37. The Morgan fingerprint density at radius 1 is 1.15 bits per heavy atom. The lowest BCUT2D eigenvalue weighted by atomic mass is 9.77. The summed E-state index contributed by atoms with van der Waals surface area (Å²) in [6, 6.07) is 9.81. The smallest absolute Gasteiger partial charge is 0.272 e. The molecule has 2 aromatic rings. The highest BCUT2D eigenvalue weighted by atomic mass is 16.5. The molecule has 1 aliphatic carbocycles. The molecule has 0 bridgehead atoms. The van der Waals surface area contributed by atoms with Gasteiger partial charge in [-0.15, -0.1) is 0 Å². The van der Waals surface area contributed by atoms with Crippen molar-refractivity contribution in [1.82, 2.24) is 15.2 Å². The van der Waals surface area contributed by atoms with Crippen molar-refractivity contribution in [2.75, 3.05) is 20.2 Å². The van der Waals surface area contributed by atoms with E-state index in [4.69, 9.17) is 4.74 Å². The Kier molecular flexibility index (Phi) is 4.83. The van der Waals surface area contributed by atoms with Crippen LogP contribution < -0.4 is 5.32 Å². The van der Waals surface area contributed by atoms with Crippen LogP contribution in [-0.2, 0) is 9.53 Å². The van der Waals surface area contributed by atoms with E-state index in [9.17, 15) is 9.59 Å². The molecule has 4 rings (SSSR count). The molecular weight excluding hydrogens is 342 g/mol. The third-order valence-electron chi connectivity index (χ3n) is 5.95. The van der Waals surface area contributed by atoms with E-state index in [0.717, 1.165) is 30.2 Å². The summed E-state index contributed by atoms with van der Waals surface area (Å²) in [6.07, 6.45) is 3.47. The number of methoxy groups -OCH3 is 1. The minimum absolute atomic E-state index is 0.00370. The number of pyridine rings is 1. The van der Waals surface area contributed by atoms with E-state index in [-0.39, 0.29) is 24.0 Å². The normalized spacial score (nSPS) is 27.4. The van der Waals surface area contributed by atoms with E-state index in [1.807, 2.05) is 35.2 Å². The van der Waals surface area contributed by atoms with Gasteiger partial charge in [-0.3, -0.25) is 14.6 Å². The summed E-state index contributed by atoms with van der Waals surface area (Å²) in [5.41, 5.74) is 0.494. The highest BCUT2D eigenvalue weighted by Gasteiger charge is 2.44. The molecule has 0 unspecified atom stereocenters. The molecule has 1 saturated heterocycles. The maximum absolute atomic E-state index is 13.0. The molecule has 2 heterocycles. The summed E-state index contributed by atoms with van der Waals surface area (Å²) in [5, 5.41) is 5.07. The van der Waals surface area contributed by atoms with Crippen molar-refractivity contribution in [3.8, 4) is 0 Å². The van der Waals surface area contributed by atoms with Crippen LogP contribution >= 0.6 is 0 Å². The van der Waals surface area contributed by atoms with Gasteiger partial charge >= 0.3 is 0 Å². The number of ether oxygens (including phenoxy) is 1. The van der Waals surface area contributed by atoms with Gasteiger partial charge in [-0.2, -0.15) is 0 Å². The number of nitrogens with one attached hydrogen (secondary N) is 1. The third kappa shape index (κ3) is 3.54. The average Bonchev–Trinajstić information content (AvgIpc) is 3.08. The molecule has 142 valence electrons. The maximum Gasteiger partial charge on any atom is 0.272 e. The summed E-state index contributed by atoms with van der Waals surface area (Å²) in [7, 11) is 1.69. The van der Waals surface area contributed by atoms with Gasteiger partial charge in [0.05, 0.1) is 12.1 Å². The Hall–Kier alpha value is -2.47. The van der Waals surface area contributed by atoms with Crippen LogP contribution in [0.1, 0.15) is 30.3 Å². The molecule has 1 N–H and O–H groups in total. The number of rotatable bonds is 3. The molecule has 2 amide bonds. The minimum Gasteiger partial charge on any atom is -0.379 e. The van der Waals surface area contributed by atoms with Crippen molar-refractivity contribution in [2.45, 2.75) is 31.9 Å². The summed E-state index contributed by atoms with van der Waals surface area (Å²) in [5.74, 6) is 0.744. The fourth-order valence-corrected chi connectivity index (χ4v) is 4.62. The maximum atomic E-state index is 13.0. The number of amides is 2. The Balaban J connectivity index is 1.49. The largest absolute Gasteiger partial charge is 0.379 e. The molecule has 4 atom stereocenters. The molecule has 6 heteroatoms. The molecule has 1 saturated carbocycles. The molecule has 2 fully saturated rings. The van der Waals surface area contributed by atoms with Crippen LogP contribution in [0, 0.1) is 11.8 Å². The number of carbonyl (C=O) groups excluding carboxylic acids is 2. The Morgan fingerprint density at radius 2 is 1.85 bits per heavy atom. The fraction of sp³-hybridized carbons (Fsp3) is 0.476. The van der Waals surface area contributed by atoms with Gasteiger partial charge in [0.15, 0.2) is 0 Å². The van der Waals surface area contributed by atoms with Crippen LogP contribution in [0.15, 0.2) is 36.5 Å². The van der Waals surface area contributed by atoms with Gasteiger partial charge in [0.1, 0.15) is 5.69 Å². The van der Waals surface area contributed by atoms with E-state index in [2.05, 4.69) is 10.3 Å². The van der Waals surface area contributed by atoms with Crippen molar-refractivity contribution in [2.24, 2.45) is 11.8 Å². The number of hydrogen-bond acceptors (Lipinski definition) is 4. The van der Waals surface area contributed by atoms with Gasteiger partial charge in [-0.1, -0.05) is 24.3 Å². The molecule has 1 aromatic heterocycles. The van der Waals surface area contributed by atoms with Gasteiger partial charge in [-0.25, -0.2) is 0 Å². The number of hydrogen-bond donors (Lipinski definition) is 1. The highest BCUT2D eigenvalue weighted by molar-refractivity contribution is 5.96. The standard InChI is InChI=1S/C21H25N3O3/c1-13(25)23-18-8-16-11-24(12-17(16)9-20(18)27-2)21(26)19-7-14-5-3-4-6-15(14)10-22-19/h3-7,10,16-18,20H,8-9,11-12H2,1-2H3,(H,23,25)/t16-,17+,18-,20-/m1/s1. The molecule has 1 aliphatic heterocycles. The number of likely N-dealkylation sites (tertiary alicyclic amines) is 1. The number of carbonyl (C=O) groups is 2. The quantitative estimate of drug-likeness (QED) is 0.903. The molecule has 6 nitrogen and oxygen atoms in total. The molecule has 27 heavy (non-hydrogen) atoms. The lowest BCUT2D eigenvalue weighted by Crippen LogP contribution is -2.49. The first-order chi connectivity index (χ1) is 13.0. The summed E-state index contributed by atoms with van der Waals surface area (Å²) >= 11 is 0. The monoisotopic (exact) mass is 367 g/mol. The van der Waals surface area contributed by atoms with Gasteiger partial charge < -0.3 is 15.0 Å². The molecule has 1 aromatic carbocycles. The van der Waals surface area contributed by atoms with E-state index in [1.165, 1.54) is 6.92 Å². The summed E-state index contributed by atoms with van der Waals surface area (Å²) in [6.45, 7) is 2.98. The second kappa shape index (κ2) is 7.27. The fourth-order valence-electron chi connectivity index (χ4n) is 4.62. The predicted molar refractivity (Wildman–Crippen MR) is 102 cm³/mol. The molecule has 0 spiro atoms. The van der Waals surface area contributed by atoms with Crippen LogP contribution in [0.3, 0.4) is 0 Å². The van der Waals surface area contributed by atoms with Crippen LogP contribution in [0.25, 0.3) is 10.8 Å².